The maximum atomic E-state index is 11.2. The van der Waals surface area contributed by atoms with Crippen LogP contribution in [0.15, 0.2) is 36.5 Å². The quantitative estimate of drug-likeness (QED) is 0.767. The molecule has 0 aliphatic rings. The fourth-order valence-corrected chi connectivity index (χ4v) is 2.37. The van der Waals surface area contributed by atoms with Crippen LogP contribution in [-0.4, -0.2) is 25.8 Å². The molecule has 21 heavy (non-hydrogen) atoms. The molecule has 0 atom stereocenters. The minimum Gasteiger partial charge on any atom is -0.478 e. The first-order valence-corrected chi connectivity index (χ1v) is 6.46. The number of nitrogen functional groups attached to an aromatic ring is 1. The van der Waals surface area contributed by atoms with Gasteiger partial charge in [-0.05, 0) is 12.5 Å². The van der Waals surface area contributed by atoms with Gasteiger partial charge in [0.2, 0.25) is 0 Å². The first kappa shape index (κ1) is 13.1. The SMILES string of the molecule is Cc1nc2c(cnn2Cc2ccccc2)c(N)c1C(=O)O. The van der Waals surface area contributed by atoms with Gasteiger partial charge in [0.15, 0.2) is 5.65 Å². The predicted molar refractivity (Wildman–Crippen MR) is 79.2 cm³/mol. The van der Waals surface area contributed by atoms with Crippen molar-refractivity contribution in [3.05, 3.63) is 53.3 Å². The first-order chi connectivity index (χ1) is 10.1. The summed E-state index contributed by atoms with van der Waals surface area (Å²) in [5.74, 6) is -1.07. The highest BCUT2D eigenvalue weighted by Crippen LogP contribution is 2.25. The van der Waals surface area contributed by atoms with Crippen LogP contribution >= 0.6 is 0 Å². The molecule has 2 heterocycles. The Morgan fingerprint density at radius 2 is 2.05 bits per heavy atom. The number of benzene rings is 1. The highest BCUT2D eigenvalue weighted by atomic mass is 16.4. The summed E-state index contributed by atoms with van der Waals surface area (Å²) in [5.41, 5.74) is 8.28. The van der Waals surface area contributed by atoms with E-state index in [1.54, 1.807) is 17.8 Å². The number of carboxylic acids is 1. The number of aryl methyl sites for hydroxylation is 1. The third-order valence-electron chi connectivity index (χ3n) is 3.40. The van der Waals surface area contributed by atoms with Crippen LogP contribution in [0.3, 0.4) is 0 Å². The fraction of sp³-hybridized carbons (Fsp3) is 0.133. The summed E-state index contributed by atoms with van der Waals surface area (Å²) in [7, 11) is 0. The number of hydrogen-bond acceptors (Lipinski definition) is 4. The van der Waals surface area contributed by atoms with E-state index in [2.05, 4.69) is 10.1 Å². The molecule has 0 aliphatic heterocycles. The molecular formula is C15H14N4O2. The molecule has 0 saturated heterocycles. The number of hydrogen-bond donors (Lipinski definition) is 2. The number of fused-ring (bicyclic) bond motifs is 1. The van der Waals surface area contributed by atoms with Gasteiger partial charge in [0, 0.05) is 0 Å². The van der Waals surface area contributed by atoms with Crippen molar-refractivity contribution in [1.29, 1.82) is 0 Å². The van der Waals surface area contributed by atoms with Crippen LogP contribution in [0.5, 0.6) is 0 Å². The number of aromatic nitrogens is 3. The molecular weight excluding hydrogens is 268 g/mol. The lowest BCUT2D eigenvalue weighted by molar-refractivity contribution is 0.0697. The molecule has 0 fully saturated rings. The van der Waals surface area contributed by atoms with E-state index in [4.69, 9.17) is 5.73 Å². The van der Waals surface area contributed by atoms with Crippen molar-refractivity contribution < 1.29 is 9.90 Å². The van der Waals surface area contributed by atoms with Crippen LogP contribution in [0.4, 0.5) is 5.69 Å². The van der Waals surface area contributed by atoms with Crippen LogP contribution in [-0.2, 0) is 6.54 Å². The van der Waals surface area contributed by atoms with E-state index in [9.17, 15) is 9.90 Å². The molecule has 0 aliphatic carbocycles. The Morgan fingerprint density at radius 1 is 1.33 bits per heavy atom. The number of nitrogens with zero attached hydrogens (tertiary/aromatic N) is 3. The third kappa shape index (κ3) is 2.20. The summed E-state index contributed by atoms with van der Waals surface area (Å²) in [6, 6.07) is 9.85. The van der Waals surface area contributed by atoms with Crippen LogP contribution in [0.25, 0.3) is 11.0 Å². The number of pyridine rings is 1. The second-order valence-electron chi connectivity index (χ2n) is 4.82. The molecule has 0 saturated carbocycles. The Balaban J connectivity index is 2.13. The molecule has 0 radical (unpaired) electrons. The average Bonchev–Trinajstić information content (AvgIpc) is 2.83. The van der Waals surface area contributed by atoms with E-state index in [0.29, 0.717) is 23.3 Å². The Hall–Kier alpha value is -2.89. The van der Waals surface area contributed by atoms with E-state index in [1.165, 1.54) is 0 Å². The van der Waals surface area contributed by atoms with Crippen LogP contribution in [0, 0.1) is 6.92 Å². The zero-order chi connectivity index (χ0) is 15.0. The molecule has 3 aromatic rings. The number of nitrogens with two attached hydrogens (primary N) is 1. The van der Waals surface area contributed by atoms with Crippen molar-refractivity contribution in [3.8, 4) is 0 Å². The van der Waals surface area contributed by atoms with Crippen molar-refractivity contribution in [1.82, 2.24) is 14.8 Å². The number of anilines is 1. The second-order valence-corrected chi connectivity index (χ2v) is 4.82. The number of rotatable bonds is 3. The fourth-order valence-electron chi connectivity index (χ4n) is 2.37. The summed E-state index contributed by atoms with van der Waals surface area (Å²) < 4.78 is 1.72. The molecule has 3 N–H and O–H groups in total. The number of aromatic carboxylic acids is 1. The monoisotopic (exact) mass is 282 g/mol. The minimum absolute atomic E-state index is 0.0433. The highest BCUT2D eigenvalue weighted by Gasteiger charge is 2.18. The smallest absolute Gasteiger partial charge is 0.339 e. The lowest BCUT2D eigenvalue weighted by Gasteiger charge is -2.07. The van der Waals surface area contributed by atoms with Crippen molar-refractivity contribution in [3.63, 3.8) is 0 Å². The average molecular weight is 282 g/mol. The van der Waals surface area contributed by atoms with Gasteiger partial charge in [0.1, 0.15) is 5.56 Å². The Kier molecular flexibility index (Phi) is 3.06. The standard InChI is InChI=1S/C15H14N4O2/c1-9-12(15(20)21)13(16)11-7-17-19(14(11)18-9)8-10-5-3-2-4-6-10/h2-7H,8H2,1H3,(H2,16,18)(H,20,21). The summed E-state index contributed by atoms with van der Waals surface area (Å²) in [5, 5.41) is 14.0. The van der Waals surface area contributed by atoms with Gasteiger partial charge in [-0.3, -0.25) is 0 Å². The first-order valence-electron chi connectivity index (χ1n) is 6.46. The predicted octanol–water partition coefficient (Wildman–Crippen LogP) is 2.07. The van der Waals surface area contributed by atoms with E-state index < -0.39 is 5.97 Å². The number of carboxylic acid groups (broad SMARTS) is 1. The maximum Gasteiger partial charge on any atom is 0.339 e. The summed E-state index contributed by atoms with van der Waals surface area (Å²) in [6.45, 7) is 2.20. The van der Waals surface area contributed by atoms with Gasteiger partial charge in [-0.2, -0.15) is 5.10 Å². The lowest BCUT2D eigenvalue weighted by atomic mass is 10.1. The van der Waals surface area contributed by atoms with Crippen LogP contribution in [0.2, 0.25) is 0 Å². The zero-order valence-corrected chi connectivity index (χ0v) is 11.4. The van der Waals surface area contributed by atoms with Crippen molar-refractivity contribution in [2.75, 3.05) is 5.73 Å². The molecule has 1 aromatic carbocycles. The van der Waals surface area contributed by atoms with Gasteiger partial charge in [-0.1, -0.05) is 30.3 Å². The van der Waals surface area contributed by atoms with Gasteiger partial charge in [-0.15, -0.1) is 0 Å². The molecule has 0 unspecified atom stereocenters. The highest BCUT2D eigenvalue weighted by molar-refractivity contribution is 6.03. The molecule has 0 bridgehead atoms. The Bertz CT molecular complexity index is 825. The Labute approximate surface area is 120 Å². The van der Waals surface area contributed by atoms with Crippen molar-refractivity contribution >= 4 is 22.7 Å². The normalized spacial score (nSPS) is 10.9. The second kappa shape index (κ2) is 4.90. The maximum absolute atomic E-state index is 11.2. The Morgan fingerprint density at radius 3 is 2.71 bits per heavy atom. The molecule has 6 heteroatoms. The molecule has 0 spiro atoms. The van der Waals surface area contributed by atoms with Gasteiger partial charge < -0.3 is 10.8 Å². The third-order valence-corrected chi connectivity index (χ3v) is 3.40. The summed E-state index contributed by atoms with van der Waals surface area (Å²) >= 11 is 0. The van der Waals surface area contributed by atoms with E-state index >= 15 is 0 Å². The van der Waals surface area contributed by atoms with Gasteiger partial charge in [-0.25, -0.2) is 14.5 Å². The molecule has 106 valence electrons. The largest absolute Gasteiger partial charge is 0.478 e. The van der Waals surface area contributed by atoms with Crippen LogP contribution < -0.4 is 5.73 Å². The molecule has 2 aromatic heterocycles. The van der Waals surface area contributed by atoms with E-state index in [-0.39, 0.29) is 11.3 Å². The number of carbonyl (C=O) groups is 1. The molecule has 6 nitrogen and oxygen atoms in total. The van der Waals surface area contributed by atoms with Crippen LogP contribution in [0.1, 0.15) is 21.6 Å². The molecule has 0 amide bonds. The van der Waals surface area contributed by atoms with Crippen molar-refractivity contribution in [2.24, 2.45) is 0 Å². The lowest BCUT2D eigenvalue weighted by Crippen LogP contribution is -2.09. The van der Waals surface area contributed by atoms with E-state index in [0.717, 1.165) is 5.56 Å². The molecule has 3 rings (SSSR count). The topological polar surface area (TPSA) is 94.0 Å². The van der Waals surface area contributed by atoms with Gasteiger partial charge >= 0.3 is 5.97 Å². The summed E-state index contributed by atoms with van der Waals surface area (Å²) in [6.07, 6.45) is 1.56. The zero-order valence-electron chi connectivity index (χ0n) is 11.4. The summed E-state index contributed by atoms with van der Waals surface area (Å²) in [4.78, 5) is 15.6. The van der Waals surface area contributed by atoms with Gasteiger partial charge in [0.05, 0.1) is 29.5 Å². The minimum atomic E-state index is -1.07. The van der Waals surface area contributed by atoms with Gasteiger partial charge in [0.25, 0.3) is 0 Å². The van der Waals surface area contributed by atoms with Crippen molar-refractivity contribution in [2.45, 2.75) is 13.5 Å². The van der Waals surface area contributed by atoms with E-state index in [1.807, 2.05) is 30.3 Å².